The van der Waals surface area contributed by atoms with Crippen molar-refractivity contribution in [3.63, 3.8) is 0 Å². The minimum absolute atomic E-state index is 0.364. The lowest BCUT2D eigenvalue weighted by molar-refractivity contribution is 0.0697. The fourth-order valence-corrected chi connectivity index (χ4v) is 2.38. The number of hydrogen-bond donors (Lipinski definition) is 1. The minimum Gasteiger partial charge on any atom is -0.478 e. The van der Waals surface area contributed by atoms with Crippen LogP contribution in [0.4, 0.5) is 5.69 Å². The van der Waals surface area contributed by atoms with E-state index in [2.05, 4.69) is 16.7 Å². The lowest BCUT2D eigenvalue weighted by atomic mass is 10.1. The first kappa shape index (κ1) is 12.9. The Balaban J connectivity index is 2.01. The summed E-state index contributed by atoms with van der Waals surface area (Å²) in [5.41, 5.74) is 1.38. The molecule has 0 saturated carbocycles. The third-order valence-electron chi connectivity index (χ3n) is 3.37. The first-order valence-corrected chi connectivity index (χ1v) is 6.51. The third kappa shape index (κ3) is 3.01. The zero-order valence-electron chi connectivity index (χ0n) is 10.8. The SMILES string of the molecule is CCCN1CCN(c2cccc(C(=O)O)c2)CC1. The maximum Gasteiger partial charge on any atom is 0.335 e. The van der Waals surface area contributed by atoms with Gasteiger partial charge >= 0.3 is 5.97 Å². The standard InChI is InChI=1S/C14H20N2O2/c1-2-6-15-7-9-16(10-8-15)13-5-3-4-12(11-13)14(17)18/h3-5,11H,2,6-10H2,1H3,(H,17,18). The molecular formula is C14H20N2O2. The molecule has 1 N–H and O–H groups in total. The zero-order valence-corrected chi connectivity index (χ0v) is 10.8. The van der Waals surface area contributed by atoms with E-state index in [4.69, 9.17) is 5.11 Å². The molecule has 98 valence electrons. The van der Waals surface area contributed by atoms with Gasteiger partial charge in [-0.15, -0.1) is 0 Å². The zero-order chi connectivity index (χ0) is 13.0. The van der Waals surface area contributed by atoms with Crippen LogP contribution in [0.5, 0.6) is 0 Å². The summed E-state index contributed by atoms with van der Waals surface area (Å²) in [7, 11) is 0. The highest BCUT2D eigenvalue weighted by atomic mass is 16.4. The van der Waals surface area contributed by atoms with Gasteiger partial charge < -0.3 is 10.0 Å². The molecule has 1 saturated heterocycles. The highest BCUT2D eigenvalue weighted by Gasteiger charge is 2.17. The fourth-order valence-electron chi connectivity index (χ4n) is 2.38. The van der Waals surface area contributed by atoms with Gasteiger partial charge in [-0.25, -0.2) is 4.79 Å². The molecule has 1 aliphatic heterocycles. The molecule has 1 aliphatic rings. The number of piperazine rings is 1. The molecule has 0 aromatic heterocycles. The van der Waals surface area contributed by atoms with Crippen LogP contribution in [0.25, 0.3) is 0 Å². The summed E-state index contributed by atoms with van der Waals surface area (Å²) >= 11 is 0. The van der Waals surface area contributed by atoms with E-state index in [0.717, 1.165) is 38.4 Å². The van der Waals surface area contributed by atoms with Crippen molar-refractivity contribution >= 4 is 11.7 Å². The van der Waals surface area contributed by atoms with Crippen LogP contribution in [0.3, 0.4) is 0 Å². The summed E-state index contributed by atoms with van der Waals surface area (Å²) in [4.78, 5) is 15.7. The summed E-state index contributed by atoms with van der Waals surface area (Å²) in [6, 6.07) is 7.20. The first-order valence-electron chi connectivity index (χ1n) is 6.51. The van der Waals surface area contributed by atoms with Gasteiger partial charge in [0.25, 0.3) is 0 Å². The van der Waals surface area contributed by atoms with Crippen molar-refractivity contribution in [2.75, 3.05) is 37.6 Å². The van der Waals surface area contributed by atoms with Gasteiger partial charge in [0.1, 0.15) is 0 Å². The Morgan fingerprint density at radius 3 is 2.61 bits per heavy atom. The van der Waals surface area contributed by atoms with E-state index in [-0.39, 0.29) is 0 Å². The van der Waals surface area contributed by atoms with Crippen molar-refractivity contribution in [2.24, 2.45) is 0 Å². The Morgan fingerprint density at radius 1 is 1.28 bits per heavy atom. The lowest BCUT2D eigenvalue weighted by Gasteiger charge is -2.36. The van der Waals surface area contributed by atoms with Crippen LogP contribution >= 0.6 is 0 Å². The molecule has 4 nitrogen and oxygen atoms in total. The van der Waals surface area contributed by atoms with E-state index in [1.54, 1.807) is 12.1 Å². The number of nitrogens with zero attached hydrogens (tertiary/aromatic N) is 2. The maximum atomic E-state index is 10.9. The summed E-state index contributed by atoms with van der Waals surface area (Å²) in [5.74, 6) is -0.860. The quantitative estimate of drug-likeness (QED) is 0.884. The van der Waals surface area contributed by atoms with Crippen molar-refractivity contribution in [1.29, 1.82) is 0 Å². The van der Waals surface area contributed by atoms with Crippen LogP contribution < -0.4 is 4.90 Å². The predicted molar refractivity (Wildman–Crippen MR) is 72.3 cm³/mol. The molecule has 0 radical (unpaired) electrons. The van der Waals surface area contributed by atoms with Crippen molar-refractivity contribution < 1.29 is 9.90 Å². The Labute approximate surface area is 108 Å². The number of hydrogen-bond acceptors (Lipinski definition) is 3. The van der Waals surface area contributed by atoms with Gasteiger partial charge in [-0.1, -0.05) is 13.0 Å². The van der Waals surface area contributed by atoms with Gasteiger partial charge in [0.05, 0.1) is 5.56 Å². The number of benzene rings is 1. The van der Waals surface area contributed by atoms with E-state index in [1.807, 2.05) is 12.1 Å². The third-order valence-corrected chi connectivity index (χ3v) is 3.37. The molecule has 1 aromatic rings. The van der Waals surface area contributed by atoms with Crippen LogP contribution in [-0.2, 0) is 0 Å². The Kier molecular flexibility index (Phi) is 4.20. The largest absolute Gasteiger partial charge is 0.478 e. The number of anilines is 1. The van der Waals surface area contributed by atoms with E-state index in [0.29, 0.717) is 5.56 Å². The second-order valence-electron chi connectivity index (χ2n) is 4.68. The van der Waals surface area contributed by atoms with Crippen LogP contribution in [0, 0.1) is 0 Å². The Bertz CT molecular complexity index is 412. The van der Waals surface area contributed by atoms with E-state index >= 15 is 0 Å². The van der Waals surface area contributed by atoms with Crippen molar-refractivity contribution in [3.8, 4) is 0 Å². The van der Waals surface area contributed by atoms with Gasteiger partial charge in [-0.2, -0.15) is 0 Å². The Morgan fingerprint density at radius 2 is 2.00 bits per heavy atom. The molecule has 0 amide bonds. The summed E-state index contributed by atoms with van der Waals surface area (Å²) < 4.78 is 0. The van der Waals surface area contributed by atoms with Crippen LogP contribution in [0.2, 0.25) is 0 Å². The van der Waals surface area contributed by atoms with Crippen molar-refractivity contribution in [2.45, 2.75) is 13.3 Å². The van der Waals surface area contributed by atoms with Gasteiger partial charge in [0, 0.05) is 31.9 Å². The topological polar surface area (TPSA) is 43.8 Å². The molecule has 2 rings (SSSR count). The molecule has 0 aliphatic carbocycles. The van der Waals surface area contributed by atoms with Gasteiger partial charge in [-0.3, -0.25) is 4.90 Å². The smallest absolute Gasteiger partial charge is 0.335 e. The average Bonchev–Trinajstić information content (AvgIpc) is 2.40. The summed E-state index contributed by atoms with van der Waals surface area (Å²) in [5, 5.41) is 8.99. The molecule has 18 heavy (non-hydrogen) atoms. The van der Waals surface area contributed by atoms with E-state index < -0.39 is 5.97 Å². The molecule has 1 heterocycles. The molecule has 0 atom stereocenters. The number of rotatable bonds is 4. The second kappa shape index (κ2) is 5.87. The average molecular weight is 248 g/mol. The number of carboxylic acids is 1. The van der Waals surface area contributed by atoms with Crippen molar-refractivity contribution in [1.82, 2.24) is 4.90 Å². The second-order valence-corrected chi connectivity index (χ2v) is 4.68. The summed E-state index contributed by atoms with van der Waals surface area (Å²) in [6.07, 6.45) is 1.19. The number of aromatic carboxylic acids is 1. The molecule has 0 bridgehead atoms. The van der Waals surface area contributed by atoms with Crippen molar-refractivity contribution in [3.05, 3.63) is 29.8 Å². The van der Waals surface area contributed by atoms with Gasteiger partial charge in [0.15, 0.2) is 0 Å². The molecule has 0 unspecified atom stereocenters. The molecule has 1 fully saturated rings. The maximum absolute atomic E-state index is 10.9. The lowest BCUT2D eigenvalue weighted by Crippen LogP contribution is -2.46. The molecule has 4 heteroatoms. The number of carbonyl (C=O) groups is 1. The predicted octanol–water partition coefficient (Wildman–Crippen LogP) is 1.92. The number of carboxylic acid groups (broad SMARTS) is 1. The highest BCUT2D eigenvalue weighted by molar-refractivity contribution is 5.88. The van der Waals surface area contributed by atoms with E-state index in [1.165, 1.54) is 6.42 Å². The molecule has 1 aromatic carbocycles. The molecule has 0 spiro atoms. The fraction of sp³-hybridized carbons (Fsp3) is 0.500. The minimum atomic E-state index is -0.860. The van der Waals surface area contributed by atoms with Gasteiger partial charge in [0.2, 0.25) is 0 Å². The van der Waals surface area contributed by atoms with Crippen LogP contribution in [0.15, 0.2) is 24.3 Å². The van der Waals surface area contributed by atoms with E-state index in [9.17, 15) is 4.79 Å². The van der Waals surface area contributed by atoms with Gasteiger partial charge in [-0.05, 0) is 31.2 Å². The summed E-state index contributed by atoms with van der Waals surface area (Å²) in [6.45, 7) is 7.42. The Hall–Kier alpha value is -1.55. The normalized spacial score (nSPS) is 16.8. The highest BCUT2D eigenvalue weighted by Crippen LogP contribution is 2.18. The monoisotopic (exact) mass is 248 g/mol. The molecular weight excluding hydrogens is 228 g/mol. The first-order chi connectivity index (χ1) is 8.70. The van der Waals surface area contributed by atoms with Crippen LogP contribution in [0.1, 0.15) is 23.7 Å². The van der Waals surface area contributed by atoms with Crippen LogP contribution in [-0.4, -0.2) is 48.7 Å².